The normalized spacial score (nSPS) is 9.00. The lowest BCUT2D eigenvalue weighted by Crippen LogP contribution is -2.29. The van der Waals surface area contributed by atoms with Gasteiger partial charge in [-0.1, -0.05) is 97.4 Å². The number of rotatable bonds is 2. The average Bonchev–Trinajstić information content (AvgIpc) is 2.86. The predicted octanol–water partition coefficient (Wildman–Crippen LogP) is 6.17. The third kappa shape index (κ3) is 9.61. The molecule has 4 rings (SSSR count). The second kappa shape index (κ2) is 15.3. The molecule has 35 heavy (non-hydrogen) atoms. The maximum atomic E-state index is 8.98. The average molecular weight is 527 g/mol. The van der Waals surface area contributed by atoms with Gasteiger partial charge in [0.05, 0.1) is 17.2 Å². The molecule has 0 bridgehead atoms. The molecule has 6 heteroatoms. The molecule has 0 atom stereocenters. The quantitative estimate of drug-likeness (QED) is 0.306. The lowest BCUT2D eigenvalue weighted by atomic mass is 9.80. The highest BCUT2D eigenvalue weighted by molar-refractivity contribution is 9.10. The van der Waals surface area contributed by atoms with Crippen molar-refractivity contribution >= 4 is 28.5 Å². The minimum absolute atomic E-state index is 0. The van der Waals surface area contributed by atoms with Gasteiger partial charge in [-0.3, -0.25) is 0 Å². The minimum atomic E-state index is -1.35. The van der Waals surface area contributed by atoms with E-state index in [1.165, 1.54) is 5.56 Å². The molecule has 0 saturated heterocycles. The van der Waals surface area contributed by atoms with Gasteiger partial charge < -0.3 is 10.0 Å². The number of aryl methyl sites for hydroxylation is 2. The van der Waals surface area contributed by atoms with Crippen LogP contribution in [0.1, 0.15) is 29.7 Å². The molecule has 0 spiro atoms. The van der Waals surface area contributed by atoms with Gasteiger partial charge in [0.1, 0.15) is 6.07 Å². The summed E-state index contributed by atoms with van der Waals surface area (Å²) in [5.74, 6) is 0. The Balaban J connectivity index is 0.000000271. The van der Waals surface area contributed by atoms with Gasteiger partial charge in [-0.2, -0.15) is 10.5 Å². The molecule has 0 unspecified atom stereocenters. The van der Waals surface area contributed by atoms with Gasteiger partial charge in [0.25, 0.3) is 0 Å². The van der Waals surface area contributed by atoms with Crippen LogP contribution in [0, 0.1) is 36.5 Å². The smallest absolute Gasteiger partial charge is 0.423 e. The lowest BCUT2D eigenvalue weighted by molar-refractivity contribution is 0.426. The van der Waals surface area contributed by atoms with Crippen LogP contribution in [0.5, 0.6) is 0 Å². The molecule has 0 aliphatic heterocycles. The van der Waals surface area contributed by atoms with Crippen LogP contribution < -0.4 is 5.46 Å². The fraction of sp³-hybridized carbons (Fsp3) is 0.103. The van der Waals surface area contributed by atoms with Crippen molar-refractivity contribution in [1.82, 2.24) is 0 Å². The minimum Gasteiger partial charge on any atom is -0.423 e. The highest BCUT2D eigenvalue weighted by Gasteiger charge is 2.08. The lowest BCUT2D eigenvalue weighted by Gasteiger charge is -2.03. The van der Waals surface area contributed by atoms with Gasteiger partial charge in [-0.25, -0.2) is 0 Å². The molecule has 0 heterocycles. The number of nitriles is 2. The molecule has 0 aliphatic carbocycles. The molecule has 0 fully saturated rings. The van der Waals surface area contributed by atoms with Crippen molar-refractivity contribution in [2.75, 3.05) is 0 Å². The van der Waals surface area contributed by atoms with E-state index >= 15 is 0 Å². The summed E-state index contributed by atoms with van der Waals surface area (Å²) in [6.07, 6.45) is 0. The summed E-state index contributed by atoms with van der Waals surface area (Å²) >= 11 is 3.23. The number of nitrogens with zero attached hydrogens (tertiary/aromatic N) is 2. The van der Waals surface area contributed by atoms with E-state index in [2.05, 4.69) is 41.1 Å². The summed E-state index contributed by atoms with van der Waals surface area (Å²) in [6.45, 7) is 4.01. The first-order valence-electron chi connectivity index (χ1n) is 10.5. The Morgan fingerprint density at radius 2 is 1.11 bits per heavy atom. The van der Waals surface area contributed by atoms with Crippen molar-refractivity contribution in [2.45, 2.75) is 21.3 Å². The van der Waals surface area contributed by atoms with Crippen molar-refractivity contribution in [3.05, 3.63) is 124 Å². The maximum absolute atomic E-state index is 8.98. The van der Waals surface area contributed by atoms with Crippen LogP contribution in [0.3, 0.4) is 0 Å². The third-order valence-electron chi connectivity index (χ3n) is 4.78. The zero-order chi connectivity index (χ0) is 24.9. The summed E-state index contributed by atoms with van der Waals surface area (Å²) in [4.78, 5) is 0. The largest absolute Gasteiger partial charge is 0.488 e. The summed E-state index contributed by atoms with van der Waals surface area (Å²) in [5.41, 5.74) is 6.37. The van der Waals surface area contributed by atoms with Crippen LogP contribution in [0.2, 0.25) is 0 Å². The standard InChI is InChI=1S/C14H11N.C7H9BO2.C7H4BrN.CH4/c1-11-6-8-12(9-7-11)14-5-3-2-4-13(14)10-15;1-6-2-4-7(5-3-6)8(9)10;8-7-4-2-1-3-6(7)5-9;/h2-9H,1H3;2-5,9-10H,1H3;1-4H;1H4. The van der Waals surface area contributed by atoms with Crippen LogP contribution in [0.15, 0.2) is 102 Å². The molecule has 0 aromatic heterocycles. The van der Waals surface area contributed by atoms with E-state index in [0.29, 0.717) is 11.0 Å². The Labute approximate surface area is 217 Å². The van der Waals surface area contributed by atoms with Crippen LogP contribution >= 0.6 is 15.9 Å². The zero-order valence-corrected chi connectivity index (χ0v) is 20.6. The van der Waals surface area contributed by atoms with Crippen molar-refractivity contribution in [1.29, 1.82) is 10.5 Å². The van der Waals surface area contributed by atoms with E-state index in [1.807, 2.05) is 79.7 Å². The molecule has 2 N–H and O–H groups in total. The Kier molecular flexibility index (Phi) is 12.8. The predicted molar refractivity (Wildman–Crippen MR) is 148 cm³/mol. The van der Waals surface area contributed by atoms with Crippen LogP contribution in [0.25, 0.3) is 11.1 Å². The van der Waals surface area contributed by atoms with E-state index in [9.17, 15) is 0 Å². The first-order chi connectivity index (χ1) is 16.3. The van der Waals surface area contributed by atoms with Crippen LogP contribution in [0.4, 0.5) is 0 Å². The molecule has 4 aromatic carbocycles. The van der Waals surface area contributed by atoms with Crippen LogP contribution in [-0.4, -0.2) is 17.2 Å². The molecule has 0 amide bonds. The van der Waals surface area contributed by atoms with E-state index in [-0.39, 0.29) is 7.43 Å². The molecular formula is C29H28BBrN2O2. The van der Waals surface area contributed by atoms with Crippen molar-refractivity contribution in [3.63, 3.8) is 0 Å². The van der Waals surface area contributed by atoms with Crippen LogP contribution in [-0.2, 0) is 0 Å². The number of hydrogen-bond donors (Lipinski definition) is 2. The highest BCUT2D eigenvalue weighted by Crippen LogP contribution is 2.23. The number of hydrogen-bond acceptors (Lipinski definition) is 4. The first-order valence-corrected chi connectivity index (χ1v) is 11.3. The van der Waals surface area contributed by atoms with Gasteiger partial charge in [-0.15, -0.1) is 0 Å². The maximum Gasteiger partial charge on any atom is 0.488 e. The van der Waals surface area contributed by atoms with Gasteiger partial charge in [0, 0.05) is 4.47 Å². The fourth-order valence-electron chi connectivity index (χ4n) is 2.86. The monoisotopic (exact) mass is 526 g/mol. The summed E-state index contributed by atoms with van der Waals surface area (Å²) in [5, 5.41) is 34.8. The Morgan fingerprint density at radius 3 is 1.57 bits per heavy atom. The Morgan fingerprint density at radius 1 is 0.657 bits per heavy atom. The number of benzene rings is 4. The summed E-state index contributed by atoms with van der Waals surface area (Å²) in [6, 6.07) is 34.5. The van der Waals surface area contributed by atoms with Crippen molar-refractivity contribution < 1.29 is 10.0 Å². The molecule has 0 aliphatic rings. The molecule has 0 radical (unpaired) electrons. The van der Waals surface area contributed by atoms with E-state index in [4.69, 9.17) is 20.6 Å². The summed E-state index contributed by atoms with van der Waals surface area (Å²) in [7, 11) is -1.35. The Hall–Kier alpha value is -3.68. The van der Waals surface area contributed by atoms with Crippen molar-refractivity contribution in [3.8, 4) is 23.3 Å². The fourth-order valence-corrected chi connectivity index (χ4v) is 3.23. The van der Waals surface area contributed by atoms with E-state index < -0.39 is 7.12 Å². The van der Waals surface area contributed by atoms with Gasteiger partial charge in [0.2, 0.25) is 0 Å². The topological polar surface area (TPSA) is 88.0 Å². The second-order valence-electron chi connectivity index (χ2n) is 7.40. The molecule has 4 nitrogen and oxygen atoms in total. The molecule has 0 saturated carbocycles. The molecule has 176 valence electrons. The highest BCUT2D eigenvalue weighted by atomic mass is 79.9. The van der Waals surface area contributed by atoms with Crippen molar-refractivity contribution in [2.24, 2.45) is 0 Å². The second-order valence-corrected chi connectivity index (χ2v) is 8.25. The molecular weight excluding hydrogens is 499 g/mol. The van der Waals surface area contributed by atoms with Gasteiger partial charge in [-0.05, 0) is 64.6 Å². The molecule has 4 aromatic rings. The first kappa shape index (κ1) is 29.4. The van der Waals surface area contributed by atoms with E-state index in [1.54, 1.807) is 18.2 Å². The van der Waals surface area contributed by atoms with Gasteiger partial charge >= 0.3 is 7.12 Å². The summed E-state index contributed by atoms with van der Waals surface area (Å²) < 4.78 is 0.854. The number of halogens is 1. The third-order valence-corrected chi connectivity index (χ3v) is 5.47. The Bertz CT molecular complexity index is 1280. The van der Waals surface area contributed by atoms with Gasteiger partial charge in [0.15, 0.2) is 0 Å². The SMILES string of the molecule is C.Cc1ccc(-c2ccccc2C#N)cc1.Cc1ccc(B(O)O)cc1.N#Cc1ccccc1Br. The zero-order valence-electron chi connectivity index (χ0n) is 19.0. The van der Waals surface area contributed by atoms with E-state index in [0.717, 1.165) is 26.7 Å².